The molecule has 1 aromatic rings. The van der Waals surface area contributed by atoms with Gasteiger partial charge in [0.15, 0.2) is 0 Å². The Morgan fingerprint density at radius 2 is 1.79 bits per heavy atom. The predicted molar refractivity (Wildman–Crippen MR) is 84.8 cm³/mol. The lowest BCUT2D eigenvalue weighted by Gasteiger charge is -2.35. The summed E-state index contributed by atoms with van der Waals surface area (Å²) in [5, 5.41) is 0. The molecule has 0 heterocycles. The zero-order valence-electron chi connectivity index (χ0n) is 13.0. The molecule has 2 unspecified atom stereocenters. The zero-order valence-corrected chi connectivity index (χ0v) is 13.0. The highest BCUT2D eigenvalue weighted by Crippen LogP contribution is 2.40. The molecule has 0 spiro atoms. The van der Waals surface area contributed by atoms with Crippen LogP contribution in [0.5, 0.6) is 0 Å². The molecule has 0 aromatic heterocycles. The Kier molecular flexibility index (Phi) is 4.90. The Bertz CT molecular complexity index is 377. The lowest BCUT2D eigenvalue weighted by atomic mass is 9.94. The van der Waals surface area contributed by atoms with Gasteiger partial charge < -0.3 is 4.90 Å². The number of hydrogen-bond acceptors (Lipinski definition) is 1. The number of benzene rings is 1. The van der Waals surface area contributed by atoms with Gasteiger partial charge in [0.1, 0.15) is 0 Å². The summed E-state index contributed by atoms with van der Waals surface area (Å²) in [6, 6.07) is 9.83. The van der Waals surface area contributed by atoms with Crippen molar-refractivity contribution in [2.24, 2.45) is 11.8 Å². The van der Waals surface area contributed by atoms with Gasteiger partial charge in [-0.05, 0) is 57.1 Å². The van der Waals surface area contributed by atoms with Crippen molar-refractivity contribution >= 4 is 5.69 Å². The van der Waals surface area contributed by atoms with Crippen LogP contribution < -0.4 is 4.90 Å². The van der Waals surface area contributed by atoms with Gasteiger partial charge in [0.05, 0.1) is 0 Å². The minimum Gasteiger partial charge on any atom is -0.369 e. The van der Waals surface area contributed by atoms with E-state index in [4.69, 9.17) is 0 Å². The number of nitrogens with zero attached hydrogens (tertiary/aromatic N) is 1. The minimum atomic E-state index is 0.752. The Balaban J connectivity index is 2.14. The number of aryl methyl sites for hydroxylation is 1. The molecule has 19 heavy (non-hydrogen) atoms. The molecular formula is C18H29N. The van der Waals surface area contributed by atoms with E-state index in [9.17, 15) is 0 Å². The maximum Gasteiger partial charge on any atom is 0.0368 e. The molecule has 0 N–H and O–H groups in total. The fourth-order valence-corrected chi connectivity index (χ4v) is 2.98. The van der Waals surface area contributed by atoms with Gasteiger partial charge >= 0.3 is 0 Å². The van der Waals surface area contributed by atoms with Crippen molar-refractivity contribution in [3.63, 3.8) is 0 Å². The Labute approximate surface area is 119 Å². The summed E-state index contributed by atoms with van der Waals surface area (Å²) in [5.74, 6) is 1.78. The van der Waals surface area contributed by atoms with Crippen molar-refractivity contribution in [3.05, 3.63) is 29.8 Å². The van der Waals surface area contributed by atoms with Crippen molar-refractivity contribution < 1.29 is 0 Å². The van der Waals surface area contributed by atoms with E-state index in [1.165, 1.54) is 36.9 Å². The zero-order chi connectivity index (χ0) is 13.8. The van der Waals surface area contributed by atoms with Crippen molar-refractivity contribution in [1.29, 1.82) is 0 Å². The second-order valence-corrected chi connectivity index (χ2v) is 6.28. The number of hydrogen-bond donors (Lipinski definition) is 0. The van der Waals surface area contributed by atoms with Crippen LogP contribution in [0.4, 0.5) is 5.69 Å². The first-order valence-corrected chi connectivity index (χ1v) is 7.99. The van der Waals surface area contributed by atoms with Crippen molar-refractivity contribution in [1.82, 2.24) is 0 Å². The standard InChI is InChI=1S/C18H29N/c1-5-14(3)13-18(16-9-10-16)19(6-2)17-11-7-15(4)8-12-17/h7-8,11-12,14,16,18H,5-6,9-10,13H2,1-4H3. The Morgan fingerprint density at radius 1 is 1.16 bits per heavy atom. The van der Waals surface area contributed by atoms with Gasteiger partial charge in [0.2, 0.25) is 0 Å². The molecule has 0 amide bonds. The molecule has 1 aliphatic carbocycles. The maximum absolute atomic E-state index is 2.64. The number of rotatable bonds is 7. The summed E-state index contributed by atoms with van der Waals surface area (Å²) in [6.45, 7) is 10.3. The minimum absolute atomic E-state index is 0.752. The summed E-state index contributed by atoms with van der Waals surface area (Å²) < 4.78 is 0. The van der Waals surface area contributed by atoms with E-state index in [-0.39, 0.29) is 0 Å². The predicted octanol–water partition coefficient (Wildman–Crippen LogP) is 5.04. The quantitative estimate of drug-likeness (QED) is 0.663. The highest BCUT2D eigenvalue weighted by atomic mass is 15.2. The summed E-state index contributed by atoms with van der Waals surface area (Å²) in [6.07, 6.45) is 5.52. The van der Waals surface area contributed by atoms with E-state index in [0.29, 0.717) is 0 Å². The van der Waals surface area contributed by atoms with Crippen LogP contribution in [0.2, 0.25) is 0 Å². The SMILES string of the molecule is CCC(C)CC(C1CC1)N(CC)c1ccc(C)cc1. The van der Waals surface area contributed by atoms with Crippen molar-refractivity contribution in [2.75, 3.05) is 11.4 Å². The molecule has 2 atom stereocenters. The van der Waals surface area contributed by atoms with Gasteiger partial charge in [-0.2, -0.15) is 0 Å². The molecule has 1 heteroatoms. The summed E-state index contributed by atoms with van der Waals surface area (Å²) in [4.78, 5) is 2.64. The molecule has 2 rings (SSSR count). The molecule has 1 aromatic carbocycles. The van der Waals surface area contributed by atoms with Gasteiger partial charge in [-0.25, -0.2) is 0 Å². The van der Waals surface area contributed by atoms with E-state index in [1.807, 2.05) is 0 Å². The van der Waals surface area contributed by atoms with Crippen LogP contribution in [0, 0.1) is 18.8 Å². The third-order valence-electron chi connectivity index (χ3n) is 4.61. The molecule has 1 nitrogen and oxygen atoms in total. The van der Waals surface area contributed by atoms with Gasteiger partial charge in [0, 0.05) is 18.3 Å². The molecular weight excluding hydrogens is 230 g/mol. The average Bonchev–Trinajstić information content (AvgIpc) is 3.24. The van der Waals surface area contributed by atoms with Crippen LogP contribution in [0.1, 0.15) is 52.0 Å². The summed E-state index contributed by atoms with van der Waals surface area (Å²) in [7, 11) is 0. The van der Waals surface area contributed by atoms with Gasteiger partial charge in [-0.1, -0.05) is 38.0 Å². The highest BCUT2D eigenvalue weighted by Gasteiger charge is 2.35. The van der Waals surface area contributed by atoms with Crippen LogP contribution in [0.15, 0.2) is 24.3 Å². The first-order chi connectivity index (χ1) is 9.15. The Hall–Kier alpha value is -0.980. The lowest BCUT2D eigenvalue weighted by molar-refractivity contribution is 0.404. The molecule has 0 saturated heterocycles. The second kappa shape index (κ2) is 6.45. The van der Waals surface area contributed by atoms with Gasteiger partial charge in [-0.15, -0.1) is 0 Å². The third-order valence-corrected chi connectivity index (χ3v) is 4.61. The average molecular weight is 259 g/mol. The molecule has 0 aliphatic heterocycles. The van der Waals surface area contributed by atoms with E-state index in [2.05, 4.69) is 56.9 Å². The highest BCUT2D eigenvalue weighted by molar-refractivity contribution is 5.48. The lowest BCUT2D eigenvalue weighted by Crippen LogP contribution is -2.38. The fourth-order valence-electron chi connectivity index (χ4n) is 2.98. The van der Waals surface area contributed by atoms with Crippen LogP contribution in [0.25, 0.3) is 0 Å². The first-order valence-electron chi connectivity index (χ1n) is 7.99. The first kappa shape index (κ1) is 14.4. The van der Waals surface area contributed by atoms with Crippen LogP contribution in [0.3, 0.4) is 0 Å². The molecule has 0 bridgehead atoms. The number of anilines is 1. The smallest absolute Gasteiger partial charge is 0.0368 e. The molecule has 0 radical (unpaired) electrons. The van der Waals surface area contributed by atoms with Gasteiger partial charge in [-0.3, -0.25) is 0 Å². The molecule has 1 aliphatic rings. The Morgan fingerprint density at radius 3 is 2.26 bits per heavy atom. The van der Waals surface area contributed by atoms with Crippen molar-refractivity contribution in [3.8, 4) is 0 Å². The van der Waals surface area contributed by atoms with E-state index in [1.54, 1.807) is 0 Å². The fraction of sp³-hybridized carbons (Fsp3) is 0.667. The van der Waals surface area contributed by atoms with Gasteiger partial charge in [0.25, 0.3) is 0 Å². The largest absolute Gasteiger partial charge is 0.369 e. The molecule has 106 valence electrons. The summed E-state index contributed by atoms with van der Waals surface area (Å²) in [5.41, 5.74) is 2.76. The van der Waals surface area contributed by atoms with Crippen molar-refractivity contribution in [2.45, 2.75) is 59.4 Å². The van der Waals surface area contributed by atoms with Crippen LogP contribution in [-0.2, 0) is 0 Å². The topological polar surface area (TPSA) is 3.24 Å². The second-order valence-electron chi connectivity index (χ2n) is 6.28. The molecule has 1 fully saturated rings. The van der Waals surface area contributed by atoms with Crippen LogP contribution in [-0.4, -0.2) is 12.6 Å². The van der Waals surface area contributed by atoms with E-state index in [0.717, 1.165) is 24.4 Å². The normalized spacial score (nSPS) is 18.1. The monoisotopic (exact) mass is 259 g/mol. The molecule has 1 saturated carbocycles. The third kappa shape index (κ3) is 3.75. The summed E-state index contributed by atoms with van der Waals surface area (Å²) >= 11 is 0. The van der Waals surface area contributed by atoms with E-state index < -0.39 is 0 Å². The van der Waals surface area contributed by atoms with E-state index >= 15 is 0 Å². The maximum atomic E-state index is 2.64. The van der Waals surface area contributed by atoms with Crippen LogP contribution >= 0.6 is 0 Å².